The number of nitrogens with zero attached hydrogens (tertiary/aromatic N) is 3. The summed E-state index contributed by atoms with van der Waals surface area (Å²) in [6.07, 6.45) is 1.90. The van der Waals surface area contributed by atoms with Crippen molar-refractivity contribution in [2.45, 2.75) is 81.4 Å². The van der Waals surface area contributed by atoms with E-state index in [1.165, 1.54) is 6.07 Å². The minimum Gasteiger partial charge on any atom is -0.379 e. The van der Waals surface area contributed by atoms with Gasteiger partial charge in [-0.05, 0) is 56.6 Å². The van der Waals surface area contributed by atoms with Gasteiger partial charge in [-0.3, -0.25) is 4.79 Å². The smallest absolute Gasteiger partial charge is 0.379 e. The van der Waals surface area contributed by atoms with Crippen molar-refractivity contribution in [1.29, 1.82) is 5.26 Å². The van der Waals surface area contributed by atoms with Crippen LogP contribution in [0.5, 0.6) is 0 Å². The fourth-order valence-corrected chi connectivity index (χ4v) is 8.19. The van der Waals surface area contributed by atoms with Crippen LogP contribution >= 0.6 is 0 Å². The molecule has 2 bridgehead atoms. The van der Waals surface area contributed by atoms with E-state index in [1.807, 2.05) is 9.80 Å². The lowest BCUT2D eigenvalue weighted by atomic mass is 9.78. The highest BCUT2D eigenvalue weighted by Gasteiger charge is 2.59. The lowest BCUT2D eigenvalue weighted by molar-refractivity contribution is -0.144. The number of alkyl halides is 3. The van der Waals surface area contributed by atoms with Crippen LogP contribution in [0.2, 0.25) is 0 Å². The molecule has 206 valence electrons. The number of nitrogens with one attached hydrogen (secondary N) is 1. The second-order valence-corrected chi connectivity index (χ2v) is 11.8. The SMILES string of the molecule is CO[C@@H]1COCC[C@@H]1N[C@@H]1C[C@H]2CCC[C@@]2(C(=O)N2C[C@H]3C[C@H]2CN3c2cccc(C(F)(F)F)c2C#N)C1. The van der Waals surface area contributed by atoms with Crippen molar-refractivity contribution >= 4 is 11.6 Å². The number of piperazine rings is 1. The first kappa shape index (κ1) is 25.9. The summed E-state index contributed by atoms with van der Waals surface area (Å²) in [6, 6.07) is 6.11. The van der Waals surface area contributed by atoms with E-state index in [9.17, 15) is 23.2 Å². The van der Waals surface area contributed by atoms with Crippen molar-refractivity contribution < 1.29 is 27.4 Å². The molecule has 3 heterocycles. The molecule has 1 aromatic rings. The van der Waals surface area contributed by atoms with E-state index in [0.29, 0.717) is 37.9 Å². The fraction of sp³-hybridized carbons (Fsp3) is 0.714. The first-order valence-corrected chi connectivity index (χ1v) is 13.8. The van der Waals surface area contributed by atoms with Crippen LogP contribution in [-0.4, -0.2) is 74.5 Å². The molecule has 0 unspecified atom stereocenters. The Hall–Kier alpha value is -2.35. The highest BCUT2D eigenvalue weighted by molar-refractivity contribution is 5.85. The van der Waals surface area contributed by atoms with Crippen LogP contribution < -0.4 is 10.2 Å². The van der Waals surface area contributed by atoms with E-state index < -0.39 is 11.7 Å². The zero-order valence-corrected chi connectivity index (χ0v) is 21.7. The normalized spacial score (nSPS) is 36.5. The number of anilines is 1. The van der Waals surface area contributed by atoms with E-state index in [1.54, 1.807) is 19.2 Å². The van der Waals surface area contributed by atoms with Crippen molar-refractivity contribution in [1.82, 2.24) is 10.2 Å². The highest BCUT2D eigenvalue weighted by Crippen LogP contribution is 2.56. The van der Waals surface area contributed by atoms with Gasteiger partial charge in [-0.1, -0.05) is 12.5 Å². The predicted octanol–water partition coefficient (Wildman–Crippen LogP) is 3.71. The van der Waals surface area contributed by atoms with Crippen molar-refractivity contribution in [2.75, 3.05) is 38.3 Å². The Balaban J connectivity index is 1.17. The van der Waals surface area contributed by atoms with Crippen LogP contribution in [0.1, 0.15) is 56.1 Å². The molecule has 0 spiro atoms. The van der Waals surface area contributed by atoms with Gasteiger partial charge in [0.1, 0.15) is 6.07 Å². The van der Waals surface area contributed by atoms with E-state index in [0.717, 1.165) is 51.0 Å². The minimum absolute atomic E-state index is 0.0188. The Morgan fingerprint density at radius 2 is 2.08 bits per heavy atom. The summed E-state index contributed by atoms with van der Waals surface area (Å²) in [7, 11) is 1.72. The Labute approximate surface area is 221 Å². The molecular formula is C28H35F3N4O3. The molecule has 1 N–H and O–H groups in total. The Bertz CT molecular complexity index is 1120. The maximum absolute atomic E-state index is 14.2. The molecule has 0 radical (unpaired) electrons. The summed E-state index contributed by atoms with van der Waals surface area (Å²) in [4.78, 5) is 18.1. The Kier molecular flexibility index (Phi) is 6.60. The lowest BCUT2D eigenvalue weighted by Gasteiger charge is -2.41. The van der Waals surface area contributed by atoms with E-state index in [-0.39, 0.29) is 47.2 Å². The molecule has 2 aliphatic carbocycles. The molecule has 10 heteroatoms. The number of hydrogen-bond donors (Lipinski definition) is 1. The summed E-state index contributed by atoms with van der Waals surface area (Å²) >= 11 is 0. The molecule has 5 fully saturated rings. The third-order valence-electron chi connectivity index (χ3n) is 9.89. The topological polar surface area (TPSA) is 77.8 Å². The second kappa shape index (κ2) is 9.68. The third kappa shape index (κ3) is 4.18. The largest absolute Gasteiger partial charge is 0.417 e. The monoisotopic (exact) mass is 532 g/mol. The zero-order valence-electron chi connectivity index (χ0n) is 21.7. The Morgan fingerprint density at radius 3 is 2.79 bits per heavy atom. The maximum atomic E-state index is 14.2. The van der Waals surface area contributed by atoms with Crippen molar-refractivity contribution in [3.05, 3.63) is 29.3 Å². The molecule has 0 aromatic heterocycles. The number of amides is 1. The number of benzene rings is 1. The van der Waals surface area contributed by atoms with Crippen LogP contribution in [0.25, 0.3) is 0 Å². The number of carbonyl (C=O) groups excluding carboxylic acids is 1. The molecule has 2 saturated carbocycles. The molecule has 3 saturated heterocycles. The summed E-state index contributed by atoms with van der Waals surface area (Å²) < 4.78 is 51.8. The van der Waals surface area contributed by atoms with E-state index in [4.69, 9.17) is 9.47 Å². The van der Waals surface area contributed by atoms with Crippen LogP contribution in [0.4, 0.5) is 18.9 Å². The van der Waals surface area contributed by atoms with Gasteiger partial charge in [0.25, 0.3) is 0 Å². The molecule has 1 aromatic carbocycles. The van der Waals surface area contributed by atoms with Crippen LogP contribution in [0.3, 0.4) is 0 Å². The average molecular weight is 533 g/mol. The van der Waals surface area contributed by atoms with Gasteiger partial charge in [0.15, 0.2) is 0 Å². The summed E-state index contributed by atoms with van der Waals surface area (Å²) in [5.74, 6) is 0.591. The standard InChI is InChI=1S/C28H35F3N4O3/c1-37-25-16-38-9-7-23(25)33-18-10-17-4-3-8-27(17,12-18)26(36)35-15-19-11-20(35)14-34(19)24-6-2-5-22(21(24)13-32)28(29,30)31/h2,5-6,17-20,23,25,33H,3-4,7-12,14-16H2,1H3/t17-,18-,19-,20+,23+,25-,27-/m1/s1. The highest BCUT2D eigenvalue weighted by atomic mass is 19.4. The minimum atomic E-state index is -4.58. The van der Waals surface area contributed by atoms with Crippen molar-refractivity contribution in [2.24, 2.45) is 11.3 Å². The fourth-order valence-electron chi connectivity index (χ4n) is 8.19. The number of rotatable bonds is 5. The van der Waals surface area contributed by atoms with Gasteiger partial charge in [0.05, 0.1) is 41.0 Å². The van der Waals surface area contributed by atoms with Crippen LogP contribution in [0.15, 0.2) is 18.2 Å². The van der Waals surface area contributed by atoms with Gasteiger partial charge in [0.2, 0.25) is 5.91 Å². The average Bonchev–Trinajstić information content (AvgIpc) is 3.67. The number of likely N-dealkylation sites (tertiary alicyclic amines) is 1. The van der Waals surface area contributed by atoms with Gasteiger partial charge in [-0.2, -0.15) is 18.4 Å². The van der Waals surface area contributed by atoms with Gasteiger partial charge >= 0.3 is 6.18 Å². The number of halogens is 3. The summed E-state index contributed by atoms with van der Waals surface area (Å²) in [6.45, 7) is 2.26. The molecule has 3 aliphatic heterocycles. The molecule has 1 amide bonds. The van der Waals surface area contributed by atoms with Gasteiger partial charge in [-0.25, -0.2) is 0 Å². The third-order valence-corrected chi connectivity index (χ3v) is 9.89. The summed E-state index contributed by atoms with van der Waals surface area (Å²) in [5.41, 5.74) is -1.25. The first-order chi connectivity index (χ1) is 18.2. The molecule has 7 nitrogen and oxygen atoms in total. The van der Waals surface area contributed by atoms with Crippen LogP contribution in [0, 0.1) is 22.7 Å². The number of fused-ring (bicyclic) bond motifs is 3. The number of nitriles is 1. The zero-order chi connectivity index (χ0) is 26.7. The number of carbonyl (C=O) groups is 1. The number of methoxy groups -OCH3 is 1. The van der Waals surface area contributed by atoms with Crippen LogP contribution in [-0.2, 0) is 20.4 Å². The molecule has 6 rings (SSSR count). The number of hydrogen-bond acceptors (Lipinski definition) is 6. The van der Waals surface area contributed by atoms with Gasteiger partial charge < -0.3 is 24.6 Å². The molecular weight excluding hydrogens is 497 g/mol. The lowest BCUT2D eigenvalue weighted by Crippen LogP contribution is -2.54. The quantitative estimate of drug-likeness (QED) is 0.623. The number of ether oxygens (including phenoxy) is 2. The second-order valence-electron chi connectivity index (χ2n) is 11.8. The van der Waals surface area contributed by atoms with E-state index in [2.05, 4.69) is 5.32 Å². The van der Waals surface area contributed by atoms with Crippen molar-refractivity contribution in [3.63, 3.8) is 0 Å². The first-order valence-electron chi connectivity index (χ1n) is 13.8. The van der Waals surface area contributed by atoms with E-state index >= 15 is 0 Å². The molecule has 5 aliphatic rings. The van der Waals surface area contributed by atoms with Crippen molar-refractivity contribution in [3.8, 4) is 6.07 Å². The molecule has 38 heavy (non-hydrogen) atoms. The predicted molar refractivity (Wildman–Crippen MR) is 133 cm³/mol. The maximum Gasteiger partial charge on any atom is 0.417 e. The Morgan fingerprint density at radius 1 is 1.24 bits per heavy atom. The summed E-state index contributed by atoms with van der Waals surface area (Å²) in [5, 5.41) is 13.4. The van der Waals surface area contributed by atoms with Gasteiger partial charge in [0, 0.05) is 44.9 Å². The molecule has 7 atom stereocenters. The van der Waals surface area contributed by atoms with Gasteiger partial charge in [-0.15, -0.1) is 0 Å².